The fourth-order valence-corrected chi connectivity index (χ4v) is 3.35. The van der Waals surface area contributed by atoms with Gasteiger partial charge >= 0.3 is 6.18 Å². The summed E-state index contributed by atoms with van der Waals surface area (Å²) in [6, 6.07) is 10.4. The van der Waals surface area contributed by atoms with Crippen LogP contribution >= 0.6 is 34.8 Å². The molecule has 0 N–H and O–H groups in total. The molecule has 29 heavy (non-hydrogen) atoms. The van der Waals surface area contributed by atoms with Gasteiger partial charge in [0.1, 0.15) is 0 Å². The molecule has 0 unspecified atom stereocenters. The summed E-state index contributed by atoms with van der Waals surface area (Å²) in [6.45, 7) is 0. The van der Waals surface area contributed by atoms with Gasteiger partial charge in [0, 0.05) is 10.0 Å². The molecule has 0 aliphatic carbocycles. The van der Waals surface area contributed by atoms with Crippen LogP contribution < -0.4 is 0 Å². The first-order valence-corrected chi connectivity index (χ1v) is 9.04. The summed E-state index contributed by atoms with van der Waals surface area (Å²) in [6.07, 6.45) is -3.74. The van der Waals surface area contributed by atoms with Crippen LogP contribution in [0.5, 0.6) is 0 Å². The quantitative estimate of drug-likeness (QED) is 0.406. The second kappa shape index (κ2) is 7.33. The van der Waals surface area contributed by atoms with Gasteiger partial charge in [-0.2, -0.15) is 23.0 Å². The first-order valence-electron chi connectivity index (χ1n) is 7.91. The number of hydrogen-bond acceptors (Lipinski definition) is 4. The topological polar surface area (TPSA) is 61.4 Å². The van der Waals surface area contributed by atoms with Crippen molar-refractivity contribution in [2.75, 3.05) is 0 Å². The van der Waals surface area contributed by atoms with Crippen molar-refractivity contribution in [2.24, 2.45) is 0 Å². The predicted octanol–water partition coefficient (Wildman–Crippen LogP) is 5.49. The second-order valence-electron chi connectivity index (χ2n) is 5.80. The Morgan fingerprint density at radius 1 is 0.862 bits per heavy atom. The highest BCUT2D eigenvalue weighted by Crippen LogP contribution is 2.39. The lowest BCUT2D eigenvalue weighted by Gasteiger charge is -2.14. The SMILES string of the molecule is FC(F)(F)c1c(-c2nnnn2-c2ccc(Cl)cc2)cnn1-c1ccc(Cl)cc1Cl. The third-order valence-electron chi connectivity index (χ3n) is 3.96. The molecule has 2 aromatic carbocycles. The number of halogens is 6. The van der Waals surface area contributed by atoms with Crippen molar-refractivity contribution in [3.05, 3.63) is 69.4 Å². The van der Waals surface area contributed by atoms with E-state index < -0.39 is 11.9 Å². The highest BCUT2D eigenvalue weighted by molar-refractivity contribution is 6.35. The van der Waals surface area contributed by atoms with Crippen LogP contribution in [-0.2, 0) is 6.18 Å². The van der Waals surface area contributed by atoms with Gasteiger partial charge in [0.05, 0.1) is 28.2 Å². The lowest BCUT2D eigenvalue weighted by atomic mass is 10.2. The molecular weight excluding hydrogens is 452 g/mol. The zero-order valence-electron chi connectivity index (χ0n) is 14.1. The Kier molecular flexibility index (Phi) is 4.97. The van der Waals surface area contributed by atoms with Gasteiger partial charge in [-0.05, 0) is 52.9 Å². The Hall–Kier alpha value is -2.62. The zero-order valence-corrected chi connectivity index (χ0v) is 16.3. The lowest BCUT2D eigenvalue weighted by Crippen LogP contribution is -2.15. The average molecular weight is 460 g/mol. The molecule has 0 saturated carbocycles. The lowest BCUT2D eigenvalue weighted by molar-refractivity contribution is -0.142. The Labute approximate surface area is 176 Å². The summed E-state index contributed by atoms with van der Waals surface area (Å²) in [5.41, 5.74) is -0.949. The third-order valence-corrected chi connectivity index (χ3v) is 4.75. The molecule has 0 atom stereocenters. The number of rotatable bonds is 3. The monoisotopic (exact) mass is 458 g/mol. The van der Waals surface area contributed by atoms with Crippen molar-refractivity contribution in [1.82, 2.24) is 30.0 Å². The average Bonchev–Trinajstić information content (AvgIpc) is 3.28. The maximum atomic E-state index is 14.0. The van der Waals surface area contributed by atoms with Gasteiger partial charge in [-0.3, -0.25) is 0 Å². The minimum absolute atomic E-state index is 0.00921. The van der Waals surface area contributed by atoms with Crippen LogP contribution in [0.2, 0.25) is 15.1 Å². The summed E-state index contributed by atoms with van der Waals surface area (Å²) in [5, 5.41) is 15.7. The molecule has 148 valence electrons. The Bertz CT molecular complexity index is 1180. The van der Waals surface area contributed by atoms with E-state index in [2.05, 4.69) is 20.6 Å². The van der Waals surface area contributed by atoms with Gasteiger partial charge in [0.15, 0.2) is 11.5 Å². The molecular formula is C17H8Cl3F3N6. The number of aromatic nitrogens is 6. The molecule has 4 rings (SSSR count). The highest BCUT2D eigenvalue weighted by Gasteiger charge is 2.40. The van der Waals surface area contributed by atoms with Crippen LogP contribution in [0.25, 0.3) is 22.8 Å². The standard InChI is InChI=1S/C17H8Cl3F3N6/c18-9-1-4-11(5-2-9)28-16(25-26-27-28)12-8-24-29(15(12)17(21,22)23)14-6-3-10(19)7-13(14)20/h1-8H. The van der Waals surface area contributed by atoms with E-state index in [-0.39, 0.29) is 27.1 Å². The van der Waals surface area contributed by atoms with Crippen molar-refractivity contribution in [1.29, 1.82) is 0 Å². The highest BCUT2D eigenvalue weighted by atomic mass is 35.5. The van der Waals surface area contributed by atoms with Gasteiger partial charge in [-0.1, -0.05) is 34.8 Å². The number of benzene rings is 2. The van der Waals surface area contributed by atoms with Crippen molar-refractivity contribution in [3.8, 4) is 22.8 Å². The van der Waals surface area contributed by atoms with Crippen molar-refractivity contribution in [2.45, 2.75) is 6.18 Å². The molecule has 2 aromatic heterocycles. The Morgan fingerprint density at radius 2 is 1.55 bits per heavy atom. The molecule has 0 saturated heterocycles. The predicted molar refractivity (Wildman–Crippen MR) is 102 cm³/mol. The molecule has 0 amide bonds. The van der Waals surface area contributed by atoms with Crippen LogP contribution in [0.3, 0.4) is 0 Å². The van der Waals surface area contributed by atoms with E-state index in [9.17, 15) is 13.2 Å². The number of tetrazole rings is 1. The number of alkyl halides is 3. The summed E-state index contributed by atoms with van der Waals surface area (Å²) in [5.74, 6) is -0.143. The van der Waals surface area contributed by atoms with E-state index in [1.807, 2.05) is 0 Å². The van der Waals surface area contributed by atoms with Crippen LogP contribution in [0, 0.1) is 0 Å². The van der Waals surface area contributed by atoms with Gasteiger partial charge in [-0.25, -0.2) is 4.68 Å². The summed E-state index contributed by atoms with van der Waals surface area (Å²) < 4.78 is 43.8. The van der Waals surface area contributed by atoms with Crippen LogP contribution in [0.1, 0.15) is 5.69 Å². The molecule has 0 aliphatic heterocycles. The van der Waals surface area contributed by atoms with Crippen LogP contribution in [0.15, 0.2) is 48.7 Å². The maximum absolute atomic E-state index is 14.0. The van der Waals surface area contributed by atoms with Gasteiger partial charge in [0.2, 0.25) is 0 Å². The number of nitrogens with zero attached hydrogens (tertiary/aromatic N) is 6. The van der Waals surface area contributed by atoms with E-state index in [1.54, 1.807) is 24.3 Å². The molecule has 0 spiro atoms. The summed E-state index contributed by atoms with van der Waals surface area (Å²) >= 11 is 17.8. The smallest absolute Gasteiger partial charge is 0.226 e. The van der Waals surface area contributed by atoms with Gasteiger partial charge in [0.25, 0.3) is 0 Å². The molecule has 6 nitrogen and oxygen atoms in total. The normalized spacial score (nSPS) is 11.8. The van der Waals surface area contributed by atoms with E-state index in [0.717, 1.165) is 10.9 Å². The van der Waals surface area contributed by atoms with Crippen LogP contribution in [0.4, 0.5) is 13.2 Å². The van der Waals surface area contributed by atoms with Crippen molar-refractivity contribution >= 4 is 34.8 Å². The summed E-state index contributed by atoms with van der Waals surface area (Å²) in [7, 11) is 0. The van der Waals surface area contributed by atoms with Crippen molar-refractivity contribution < 1.29 is 13.2 Å². The second-order valence-corrected chi connectivity index (χ2v) is 7.08. The van der Waals surface area contributed by atoms with Gasteiger partial charge in [-0.15, -0.1) is 5.10 Å². The molecule has 12 heteroatoms. The van der Waals surface area contributed by atoms with E-state index >= 15 is 0 Å². The molecule has 4 aromatic rings. The molecule has 0 radical (unpaired) electrons. The molecule has 0 fully saturated rings. The minimum Gasteiger partial charge on any atom is -0.226 e. The molecule has 2 heterocycles. The first kappa shape index (κ1) is 19.7. The maximum Gasteiger partial charge on any atom is 0.434 e. The van der Waals surface area contributed by atoms with E-state index in [0.29, 0.717) is 15.4 Å². The first-order chi connectivity index (χ1) is 13.8. The van der Waals surface area contributed by atoms with Crippen LogP contribution in [-0.4, -0.2) is 30.0 Å². The third kappa shape index (κ3) is 3.68. The Morgan fingerprint density at radius 3 is 2.21 bits per heavy atom. The van der Waals surface area contributed by atoms with E-state index in [1.165, 1.54) is 18.2 Å². The zero-order chi connectivity index (χ0) is 20.8. The fraction of sp³-hybridized carbons (Fsp3) is 0.0588. The minimum atomic E-state index is -4.77. The molecule has 0 aliphatic rings. The Balaban J connectivity index is 1.92. The summed E-state index contributed by atoms with van der Waals surface area (Å²) in [4.78, 5) is 0. The molecule has 0 bridgehead atoms. The number of hydrogen-bond donors (Lipinski definition) is 0. The van der Waals surface area contributed by atoms with E-state index in [4.69, 9.17) is 34.8 Å². The fourth-order valence-electron chi connectivity index (χ4n) is 2.73. The largest absolute Gasteiger partial charge is 0.434 e. The van der Waals surface area contributed by atoms with Gasteiger partial charge < -0.3 is 0 Å². The van der Waals surface area contributed by atoms with Crippen molar-refractivity contribution in [3.63, 3.8) is 0 Å².